The van der Waals surface area contributed by atoms with Gasteiger partial charge in [0.05, 0.1) is 0 Å². The summed E-state index contributed by atoms with van der Waals surface area (Å²) in [5.41, 5.74) is 4.27. The van der Waals surface area contributed by atoms with Gasteiger partial charge in [-0.2, -0.15) is 0 Å². The molecule has 18 heavy (non-hydrogen) atoms. The van der Waals surface area contributed by atoms with Crippen LogP contribution in [-0.2, 0) is 23.1 Å². The van der Waals surface area contributed by atoms with Gasteiger partial charge in [0.2, 0.25) is 0 Å². The Hall–Kier alpha value is -1.31. The van der Waals surface area contributed by atoms with E-state index in [9.17, 15) is 4.79 Å². The third-order valence-corrected chi connectivity index (χ3v) is 3.87. The summed E-state index contributed by atoms with van der Waals surface area (Å²) in [7, 11) is 0. The first-order valence-corrected chi connectivity index (χ1v) is 6.70. The number of aliphatic carboxylic acids is 1. The van der Waals surface area contributed by atoms with Crippen LogP contribution in [0.5, 0.6) is 0 Å². The smallest absolute Gasteiger partial charge is 0.303 e. The number of aryl methyl sites for hydroxylation is 1. The summed E-state index contributed by atoms with van der Waals surface area (Å²) in [5, 5.41) is 8.90. The number of benzene rings is 1. The highest BCUT2D eigenvalue weighted by Gasteiger charge is 2.22. The first-order valence-electron chi connectivity index (χ1n) is 6.70. The molecule has 0 bridgehead atoms. The van der Waals surface area contributed by atoms with Crippen LogP contribution in [0.15, 0.2) is 18.2 Å². The molecule has 0 aliphatic heterocycles. The highest BCUT2D eigenvalue weighted by Crippen LogP contribution is 2.31. The number of fused-ring (bicyclic) bond motifs is 1. The molecule has 2 rings (SSSR count). The molecule has 98 valence electrons. The summed E-state index contributed by atoms with van der Waals surface area (Å²) in [6.07, 6.45) is 3.26. The molecular formula is C16H22O2. The largest absolute Gasteiger partial charge is 0.481 e. The maximum Gasteiger partial charge on any atom is 0.303 e. The Morgan fingerprint density at radius 2 is 2.06 bits per heavy atom. The van der Waals surface area contributed by atoms with E-state index in [-0.39, 0.29) is 5.41 Å². The van der Waals surface area contributed by atoms with Crippen molar-refractivity contribution in [3.05, 3.63) is 34.9 Å². The van der Waals surface area contributed by atoms with Gasteiger partial charge in [-0.05, 0) is 47.3 Å². The monoisotopic (exact) mass is 246 g/mol. The molecule has 0 amide bonds. The minimum Gasteiger partial charge on any atom is -0.481 e. The van der Waals surface area contributed by atoms with Crippen LogP contribution in [0.1, 0.15) is 50.3 Å². The van der Waals surface area contributed by atoms with E-state index in [0.717, 1.165) is 19.3 Å². The predicted octanol–water partition coefficient (Wildman–Crippen LogP) is 3.56. The molecule has 1 N–H and O–H groups in total. The minimum atomic E-state index is -0.671. The fourth-order valence-electron chi connectivity index (χ4n) is 2.72. The zero-order chi connectivity index (χ0) is 13.3. The second-order valence-corrected chi connectivity index (χ2v) is 6.44. The lowest BCUT2D eigenvalue weighted by atomic mass is 9.78. The van der Waals surface area contributed by atoms with Gasteiger partial charge in [0.1, 0.15) is 0 Å². The lowest BCUT2D eigenvalue weighted by molar-refractivity contribution is -0.138. The van der Waals surface area contributed by atoms with E-state index < -0.39 is 5.97 Å². The predicted molar refractivity (Wildman–Crippen MR) is 72.9 cm³/mol. The van der Waals surface area contributed by atoms with E-state index in [4.69, 9.17) is 5.11 Å². The molecule has 0 spiro atoms. The Kier molecular flexibility index (Phi) is 3.47. The molecule has 1 aromatic rings. The number of hydrogen-bond donors (Lipinski definition) is 1. The molecule has 0 aromatic heterocycles. The van der Waals surface area contributed by atoms with E-state index in [2.05, 4.69) is 39.0 Å². The summed E-state index contributed by atoms with van der Waals surface area (Å²) in [4.78, 5) is 10.8. The summed E-state index contributed by atoms with van der Waals surface area (Å²) in [5.74, 6) is -0.361. The minimum absolute atomic E-state index is 0.161. The maximum atomic E-state index is 10.8. The van der Waals surface area contributed by atoms with Crippen LogP contribution in [0.25, 0.3) is 0 Å². The van der Waals surface area contributed by atoms with Crippen LogP contribution in [0, 0.1) is 5.92 Å². The van der Waals surface area contributed by atoms with Crippen molar-refractivity contribution in [1.82, 2.24) is 0 Å². The Morgan fingerprint density at radius 3 is 2.67 bits per heavy atom. The van der Waals surface area contributed by atoms with Gasteiger partial charge in [-0.25, -0.2) is 0 Å². The van der Waals surface area contributed by atoms with Crippen molar-refractivity contribution in [1.29, 1.82) is 0 Å². The second kappa shape index (κ2) is 4.75. The number of carboxylic acids is 1. The van der Waals surface area contributed by atoms with Crippen molar-refractivity contribution in [2.24, 2.45) is 5.92 Å². The van der Waals surface area contributed by atoms with Crippen molar-refractivity contribution < 1.29 is 9.90 Å². The van der Waals surface area contributed by atoms with Crippen LogP contribution in [0.2, 0.25) is 0 Å². The molecule has 0 heterocycles. The molecule has 1 aromatic carbocycles. The first kappa shape index (κ1) is 13.1. The van der Waals surface area contributed by atoms with Crippen molar-refractivity contribution in [3.8, 4) is 0 Å². The van der Waals surface area contributed by atoms with Crippen LogP contribution in [-0.4, -0.2) is 11.1 Å². The molecule has 0 saturated heterocycles. The molecule has 0 fully saturated rings. The van der Waals surface area contributed by atoms with E-state index >= 15 is 0 Å². The van der Waals surface area contributed by atoms with Crippen molar-refractivity contribution in [2.45, 2.75) is 51.9 Å². The Morgan fingerprint density at radius 1 is 1.33 bits per heavy atom. The summed E-state index contributed by atoms with van der Waals surface area (Å²) in [6.45, 7) is 6.64. The van der Waals surface area contributed by atoms with Gasteiger partial charge >= 0.3 is 5.97 Å². The molecule has 2 nitrogen and oxygen atoms in total. The molecule has 2 heteroatoms. The number of hydrogen-bond acceptors (Lipinski definition) is 1. The van der Waals surface area contributed by atoms with E-state index in [0.29, 0.717) is 12.3 Å². The first-order chi connectivity index (χ1) is 8.36. The Bertz CT molecular complexity index is 455. The quantitative estimate of drug-likeness (QED) is 0.866. The topological polar surface area (TPSA) is 37.3 Å². The van der Waals surface area contributed by atoms with Crippen LogP contribution in [0.4, 0.5) is 0 Å². The van der Waals surface area contributed by atoms with Crippen LogP contribution >= 0.6 is 0 Å². The van der Waals surface area contributed by atoms with Crippen LogP contribution < -0.4 is 0 Å². The van der Waals surface area contributed by atoms with Gasteiger partial charge < -0.3 is 5.11 Å². The van der Waals surface area contributed by atoms with Gasteiger partial charge in [0.25, 0.3) is 0 Å². The zero-order valence-electron chi connectivity index (χ0n) is 11.5. The van der Waals surface area contributed by atoms with Crippen LogP contribution in [0.3, 0.4) is 0 Å². The number of rotatable bonds is 2. The lowest BCUT2D eigenvalue weighted by Crippen LogP contribution is -2.19. The van der Waals surface area contributed by atoms with Gasteiger partial charge in [0, 0.05) is 6.42 Å². The van der Waals surface area contributed by atoms with Gasteiger partial charge in [-0.1, -0.05) is 39.0 Å². The molecule has 1 unspecified atom stereocenters. The second-order valence-electron chi connectivity index (χ2n) is 6.44. The van der Waals surface area contributed by atoms with E-state index in [1.165, 1.54) is 16.7 Å². The lowest BCUT2D eigenvalue weighted by Gasteiger charge is -2.27. The number of carbonyl (C=O) groups is 1. The molecule has 1 aliphatic carbocycles. The zero-order valence-corrected chi connectivity index (χ0v) is 11.5. The number of carboxylic acid groups (broad SMARTS) is 1. The summed E-state index contributed by atoms with van der Waals surface area (Å²) < 4.78 is 0. The normalized spacial score (nSPS) is 19.4. The average Bonchev–Trinajstić information content (AvgIpc) is 2.26. The highest BCUT2D eigenvalue weighted by molar-refractivity contribution is 5.67. The third-order valence-electron chi connectivity index (χ3n) is 3.87. The van der Waals surface area contributed by atoms with Crippen molar-refractivity contribution >= 4 is 5.97 Å². The highest BCUT2D eigenvalue weighted by atomic mass is 16.4. The maximum absolute atomic E-state index is 10.8. The molecule has 0 saturated carbocycles. The standard InChI is InChI=1S/C16H22O2/c1-16(2,3)14-7-6-12-5-4-11(9-15(17)18)8-13(12)10-14/h6-7,10-11H,4-5,8-9H2,1-3H3,(H,17,18). The SMILES string of the molecule is CC(C)(C)c1ccc2c(c1)CC(CC(=O)O)CC2. The van der Waals surface area contributed by atoms with Gasteiger partial charge in [0.15, 0.2) is 0 Å². The third kappa shape index (κ3) is 2.92. The van der Waals surface area contributed by atoms with Crippen molar-refractivity contribution in [3.63, 3.8) is 0 Å². The fourth-order valence-corrected chi connectivity index (χ4v) is 2.72. The Balaban J connectivity index is 2.22. The summed E-state index contributed by atoms with van der Waals surface area (Å²) in [6, 6.07) is 6.73. The van der Waals surface area contributed by atoms with Gasteiger partial charge in [-0.3, -0.25) is 4.79 Å². The molecule has 1 atom stereocenters. The molecule has 1 aliphatic rings. The fraction of sp³-hybridized carbons (Fsp3) is 0.562. The van der Waals surface area contributed by atoms with E-state index in [1.807, 2.05) is 0 Å². The Labute approximate surface area is 109 Å². The molecule has 0 radical (unpaired) electrons. The van der Waals surface area contributed by atoms with E-state index in [1.54, 1.807) is 0 Å². The average molecular weight is 246 g/mol. The van der Waals surface area contributed by atoms with Crippen molar-refractivity contribution in [2.75, 3.05) is 0 Å². The van der Waals surface area contributed by atoms with Gasteiger partial charge in [-0.15, -0.1) is 0 Å². The molecular weight excluding hydrogens is 224 g/mol. The summed E-state index contributed by atoms with van der Waals surface area (Å²) >= 11 is 0.